The predicted molar refractivity (Wildman–Crippen MR) is 108 cm³/mol. The van der Waals surface area contributed by atoms with Crippen molar-refractivity contribution in [2.75, 3.05) is 12.3 Å². The van der Waals surface area contributed by atoms with Gasteiger partial charge in [0, 0.05) is 5.25 Å². The van der Waals surface area contributed by atoms with Crippen molar-refractivity contribution in [3.63, 3.8) is 0 Å². The number of thioether (sulfide) groups is 1. The van der Waals surface area contributed by atoms with E-state index in [9.17, 15) is 5.11 Å². The molecule has 4 aliphatic carbocycles. The van der Waals surface area contributed by atoms with Gasteiger partial charge in [-0.1, -0.05) is 25.5 Å². The Bertz CT molecular complexity index is 534. The smallest absolute Gasteiger partial charge is 0.0596 e. The Morgan fingerprint density at radius 3 is 2.76 bits per heavy atom. The summed E-state index contributed by atoms with van der Waals surface area (Å²) in [7, 11) is 0. The summed E-state index contributed by atoms with van der Waals surface area (Å²) in [6.07, 6.45) is 14.1. The zero-order valence-corrected chi connectivity index (χ0v) is 17.0. The minimum absolute atomic E-state index is 0.0436. The van der Waals surface area contributed by atoms with Crippen LogP contribution in [-0.4, -0.2) is 28.8 Å². The highest BCUT2D eigenvalue weighted by Gasteiger charge is 2.58. The zero-order chi connectivity index (χ0) is 17.7. The first kappa shape index (κ1) is 18.4. The number of nitrogens with two attached hydrogens (primary N) is 1. The van der Waals surface area contributed by atoms with Gasteiger partial charge < -0.3 is 10.8 Å². The van der Waals surface area contributed by atoms with Crippen LogP contribution in [0.5, 0.6) is 0 Å². The molecule has 3 saturated carbocycles. The summed E-state index contributed by atoms with van der Waals surface area (Å²) in [6, 6.07) is 0. The van der Waals surface area contributed by atoms with E-state index in [1.165, 1.54) is 50.7 Å². The van der Waals surface area contributed by atoms with E-state index in [1.54, 1.807) is 5.57 Å². The highest BCUT2D eigenvalue weighted by Crippen LogP contribution is 2.65. The Balaban J connectivity index is 1.52. The van der Waals surface area contributed by atoms with Crippen LogP contribution in [0.4, 0.5) is 0 Å². The molecule has 4 rings (SSSR count). The average Bonchev–Trinajstić information content (AvgIpc) is 2.90. The van der Waals surface area contributed by atoms with Gasteiger partial charge >= 0.3 is 0 Å². The van der Waals surface area contributed by atoms with E-state index in [-0.39, 0.29) is 11.5 Å². The number of fused-ring (bicyclic) bond motifs is 5. The molecule has 0 heterocycles. The molecule has 0 spiro atoms. The van der Waals surface area contributed by atoms with Gasteiger partial charge in [-0.2, -0.15) is 11.8 Å². The molecule has 0 amide bonds. The summed E-state index contributed by atoms with van der Waals surface area (Å²) in [6.45, 7) is 5.80. The number of allylic oxidation sites excluding steroid dienone is 1. The molecule has 3 N–H and O–H groups in total. The van der Waals surface area contributed by atoms with Gasteiger partial charge in [0.2, 0.25) is 0 Å². The van der Waals surface area contributed by atoms with Crippen LogP contribution in [0.25, 0.3) is 0 Å². The number of rotatable bonds is 4. The summed E-state index contributed by atoms with van der Waals surface area (Å²) in [5, 5.41) is 11.3. The first-order valence-electron chi connectivity index (χ1n) is 10.7. The third-order valence-electron chi connectivity index (χ3n) is 8.70. The maximum absolute atomic E-state index is 10.6. The highest BCUT2D eigenvalue weighted by molar-refractivity contribution is 8.00. The normalized spacial score (nSPS) is 49.1. The van der Waals surface area contributed by atoms with E-state index in [0.29, 0.717) is 5.41 Å². The summed E-state index contributed by atoms with van der Waals surface area (Å²) in [5.74, 6) is 3.72. The minimum atomic E-state index is -0.0436. The molecular formula is C22H37NOS. The van der Waals surface area contributed by atoms with Crippen molar-refractivity contribution >= 4 is 11.8 Å². The predicted octanol–water partition coefficient (Wildman–Crippen LogP) is 4.76. The van der Waals surface area contributed by atoms with Crippen LogP contribution in [0.3, 0.4) is 0 Å². The van der Waals surface area contributed by atoms with Crippen LogP contribution in [0, 0.1) is 28.6 Å². The lowest BCUT2D eigenvalue weighted by molar-refractivity contribution is -0.0735. The molecule has 25 heavy (non-hydrogen) atoms. The van der Waals surface area contributed by atoms with Gasteiger partial charge in [-0.3, -0.25) is 0 Å². The molecule has 0 aromatic rings. The van der Waals surface area contributed by atoms with E-state index in [4.69, 9.17) is 5.73 Å². The van der Waals surface area contributed by atoms with Crippen LogP contribution in [0.2, 0.25) is 0 Å². The number of hydrogen-bond acceptors (Lipinski definition) is 3. The Morgan fingerprint density at radius 2 is 1.96 bits per heavy atom. The molecule has 0 radical (unpaired) electrons. The number of aliphatic hydroxyl groups is 1. The molecule has 0 bridgehead atoms. The molecule has 2 nitrogen and oxygen atoms in total. The van der Waals surface area contributed by atoms with Crippen molar-refractivity contribution in [2.24, 2.45) is 34.3 Å². The lowest BCUT2D eigenvalue weighted by atomic mass is 9.47. The summed E-state index contributed by atoms with van der Waals surface area (Å²) in [4.78, 5) is 0. The second-order valence-electron chi connectivity index (χ2n) is 9.75. The number of hydrogen-bond donors (Lipinski definition) is 2. The lowest BCUT2D eigenvalue weighted by Gasteiger charge is -2.58. The molecule has 0 aromatic carbocycles. The van der Waals surface area contributed by atoms with Gasteiger partial charge in [0.15, 0.2) is 0 Å². The molecule has 7 atom stereocenters. The van der Waals surface area contributed by atoms with E-state index in [1.807, 2.05) is 0 Å². The lowest BCUT2D eigenvalue weighted by Crippen LogP contribution is -2.51. The van der Waals surface area contributed by atoms with Gasteiger partial charge in [-0.15, -0.1) is 0 Å². The van der Waals surface area contributed by atoms with Gasteiger partial charge in [0.1, 0.15) is 0 Å². The molecule has 142 valence electrons. The first-order valence-corrected chi connectivity index (χ1v) is 11.7. The fourth-order valence-corrected chi connectivity index (χ4v) is 8.30. The molecule has 3 unspecified atom stereocenters. The fraction of sp³-hybridized carbons (Fsp3) is 0.909. The second kappa shape index (κ2) is 6.87. The first-order chi connectivity index (χ1) is 12.0. The third-order valence-corrected chi connectivity index (χ3v) is 10.0. The number of aliphatic hydroxyl groups excluding tert-OH is 1. The summed E-state index contributed by atoms with van der Waals surface area (Å²) >= 11 is 2.13. The van der Waals surface area contributed by atoms with Gasteiger partial charge in [0.05, 0.1) is 6.10 Å². The van der Waals surface area contributed by atoms with Crippen LogP contribution < -0.4 is 5.73 Å². The monoisotopic (exact) mass is 363 g/mol. The van der Waals surface area contributed by atoms with E-state index < -0.39 is 0 Å². The molecule has 3 fully saturated rings. The SMILES string of the molecule is C[C@]12CC[C@@H](SCCCN)C=C1CCC1C2CC[C@@]2(C)C1CC[C@@H]2O. The Labute approximate surface area is 158 Å². The minimum Gasteiger partial charge on any atom is -0.393 e. The van der Waals surface area contributed by atoms with Gasteiger partial charge in [-0.25, -0.2) is 0 Å². The summed E-state index contributed by atoms with van der Waals surface area (Å²) < 4.78 is 0. The largest absolute Gasteiger partial charge is 0.393 e. The second-order valence-corrected chi connectivity index (χ2v) is 11.1. The zero-order valence-electron chi connectivity index (χ0n) is 16.2. The van der Waals surface area contributed by atoms with E-state index >= 15 is 0 Å². The molecule has 4 aliphatic rings. The quantitative estimate of drug-likeness (QED) is 0.559. The Morgan fingerprint density at radius 1 is 1.12 bits per heavy atom. The van der Waals surface area contributed by atoms with Crippen molar-refractivity contribution in [3.05, 3.63) is 11.6 Å². The molecular weight excluding hydrogens is 326 g/mol. The molecule has 0 aliphatic heterocycles. The van der Waals surface area contributed by atoms with Crippen molar-refractivity contribution in [2.45, 2.75) is 83.0 Å². The average molecular weight is 364 g/mol. The topological polar surface area (TPSA) is 46.2 Å². The summed E-state index contributed by atoms with van der Waals surface area (Å²) in [5.41, 5.74) is 8.11. The van der Waals surface area contributed by atoms with Crippen molar-refractivity contribution < 1.29 is 5.11 Å². The molecule has 0 aromatic heterocycles. The van der Waals surface area contributed by atoms with Crippen LogP contribution in [-0.2, 0) is 0 Å². The van der Waals surface area contributed by atoms with Crippen molar-refractivity contribution in [1.82, 2.24) is 0 Å². The van der Waals surface area contributed by atoms with Crippen molar-refractivity contribution in [1.29, 1.82) is 0 Å². The maximum Gasteiger partial charge on any atom is 0.0596 e. The fourth-order valence-electron chi connectivity index (χ4n) is 7.12. The molecule has 0 saturated heterocycles. The van der Waals surface area contributed by atoms with Crippen LogP contribution >= 0.6 is 11.8 Å². The maximum atomic E-state index is 10.6. The van der Waals surface area contributed by atoms with Gasteiger partial charge in [0.25, 0.3) is 0 Å². The van der Waals surface area contributed by atoms with E-state index in [0.717, 1.165) is 42.4 Å². The van der Waals surface area contributed by atoms with Crippen LogP contribution in [0.1, 0.15) is 71.6 Å². The standard InChI is InChI=1S/C22H37NOS/c1-21-10-8-16(25-13-3-12-23)14-15(21)4-5-17-18-6-7-20(24)22(18,2)11-9-19(17)21/h14,16-20,24H,3-13,23H2,1-2H3/t16-,17?,18?,19?,20+,21+,22+/m1/s1. The third kappa shape index (κ3) is 2.93. The van der Waals surface area contributed by atoms with E-state index in [2.05, 4.69) is 31.7 Å². The molecule has 3 heteroatoms. The Kier molecular flexibility index (Phi) is 5.05. The van der Waals surface area contributed by atoms with Gasteiger partial charge in [-0.05, 0) is 98.7 Å². The van der Waals surface area contributed by atoms with Crippen LogP contribution in [0.15, 0.2) is 11.6 Å². The van der Waals surface area contributed by atoms with Crippen molar-refractivity contribution in [3.8, 4) is 0 Å². The Hall–Kier alpha value is 0.01000. The highest BCUT2D eigenvalue weighted by atomic mass is 32.2.